The number of phosphoric ester groups is 1. The molecule has 4 atom stereocenters. The number of amides is 1. The van der Waals surface area contributed by atoms with Crippen LogP contribution >= 0.6 is 7.82 Å². The van der Waals surface area contributed by atoms with Crippen LogP contribution in [0.15, 0.2) is 24.3 Å². The number of carbonyl (C=O) groups excluding carboxylic acids is 1. The highest BCUT2D eigenvalue weighted by atomic mass is 31.2. The molecule has 0 aromatic rings. The predicted molar refractivity (Wildman–Crippen MR) is 232 cm³/mol. The lowest BCUT2D eigenvalue weighted by atomic mass is 10.0. The second-order valence-electron chi connectivity index (χ2n) is 15.8. The fraction of sp³-hybridized carbons (Fsp3) is 0.889. The molecule has 0 bridgehead atoms. The van der Waals surface area contributed by atoms with Gasteiger partial charge < -0.3 is 26.2 Å². The Bertz CT molecular complexity index is 935. The van der Waals surface area contributed by atoms with Gasteiger partial charge in [0.1, 0.15) is 0 Å². The number of aliphatic hydroxyl groups excluding tert-OH is 2. The fourth-order valence-corrected chi connectivity index (χ4v) is 7.60. The Morgan fingerprint density at radius 3 is 1.51 bits per heavy atom. The lowest BCUT2D eigenvalue weighted by Gasteiger charge is -2.24. The Morgan fingerprint density at radius 2 is 1.04 bits per heavy atom. The van der Waals surface area contributed by atoms with E-state index in [9.17, 15) is 24.5 Å². The van der Waals surface area contributed by atoms with Gasteiger partial charge in [0.2, 0.25) is 5.91 Å². The van der Waals surface area contributed by atoms with Crippen LogP contribution in [-0.2, 0) is 18.4 Å². The zero-order valence-corrected chi connectivity index (χ0v) is 36.7. The molecular weight excluding hydrogens is 711 g/mol. The van der Waals surface area contributed by atoms with Crippen molar-refractivity contribution in [2.24, 2.45) is 5.73 Å². The maximum absolute atomic E-state index is 12.8. The Hall–Kier alpha value is -1.06. The minimum atomic E-state index is -4.41. The van der Waals surface area contributed by atoms with Gasteiger partial charge in [-0.25, -0.2) is 4.57 Å². The van der Waals surface area contributed by atoms with Gasteiger partial charge in [-0.3, -0.25) is 13.8 Å². The molecule has 0 aliphatic rings. The van der Waals surface area contributed by atoms with E-state index in [2.05, 4.69) is 31.3 Å². The monoisotopic (exact) mass is 801 g/mol. The second-order valence-corrected chi connectivity index (χ2v) is 17.3. The molecule has 10 heteroatoms. The van der Waals surface area contributed by atoms with E-state index >= 15 is 0 Å². The number of aliphatic hydroxyl groups is 2. The van der Waals surface area contributed by atoms with Gasteiger partial charge in [0.25, 0.3) is 0 Å². The first-order valence-electron chi connectivity index (χ1n) is 23.0. The summed E-state index contributed by atoms with van der Waals surface area (Å²) in [6.07, 6.45) is 44.1. The second kappa shape index (κ2) is 41.1. The molecule has 0 saturated carbocycles. The highest BCUT2D eigenvalue weighted by molar-refractivity contribution is 7.47. The maximum Gasteiger partial charge on any atom is 0.472 e. The molecule has 0 aromatic heterocycles. The van der Waals surface area contributed by atoms with Crippen LogP contribution < -0.4 is 11.1 Å². The van der Waals surface area contributed by atoms with Crippen molar-refractivity contribution in [3.63, 3.8) is 0 Å². The first kappa shape index (κ1) is 53.9. The summed E-state index contributed by atoms with van der Waals surface area (Å²) in [5.41, 5.74) is 5.36. The standard InChI is InChI=1S/C45H89N2O7P/c1-3-5-7-9-11-13-15-17-19-21-23-25-27-29-31-33-35-37-44(49)43(41-54-55(51,52)53-39-38-46)47-45(50)40-42(48)36-34-32-30-28-26-24-22-20-18-16-14-12-10-8-6-4-2/h27,29,35,37,42-44,48-49H,3-26,28,30-34,36,38-41,46H2,1-2H3,(H,47,50)(H,51,52)/b29-27+,37-35+. The Labute approximate surface area is 339 Å². The van der Waals surface area contributed by atoms with E-state index in [1.54, 1.807) is 6.08 Å². The van der Waals surface area contributed by atoms with Gasteiger partial charge in [-0.15, -0.1) is 0 Å². The van der Waals surface area contributed by atoms with Crippen LogP contribution in [0.1, 0.15) is 219 Å². The van der Waals surface area contributed by atoms with Crippen molar-refractivity contribution >= 4 is 13.7 Å². The summed E-state index contributed by atoms with van der Waals surface area (Å²) in [5, 5.41) is 24.1. The van der Waals surface area contributed by atoms with Crippen LogP contribution in [0, 0.1) is 0 Å². The van der Waals surface area contributed by atoms with Crippen LogP contribution in [0.5, 0.6) is 0 Å². The van der Waals surface area contributed by atoms with E-state index in [1.165, 1.54) is 154 Å². The number of nitrogens with two attached hydrogens (primary N) is 1. The third kappa shape index (κ3) is 39.5. The third-order valence-electron chi connectivity index (χ3n) is 10.3. The van der Waals surface area contributed by atoms with E-state index in [0.717, 1.165) is 32.1 Å². The molecule has 0 aliphatic carbocycles. The predicted octanol–water partition coefficient (Wildman–Crippen LogP) is 11.9. The number of unbranched alkanes of at least 4 members (excludes halogenated alkanes) is 27. The lowest BCUT2D eigenvalue weighted by Crippen LogP contribution is -2.46. The average molecular weight is 801 g/mol. The molecule has 0 radical (unpaired) electrons. The topological polar surface area (TPSA) is 151 Å². The van der Waals surface area contributed by atoms with Crippen LogP contribution in [-0.4, -0.2) is 59.0 Å². The summed E-state index contributed by atoms with van der Waals surface area (Å²) in [4.78, 5) is 22.8. The maximum atomic E-state index is 12.8. The number of hydrogen-bond donors (Lipinski definition) is 5. The highest BCUT2D eigenvalue weighted by Gasteiger charge is 2.27. The first-order chi connectivity index (χ1) is 26.8. The van der Waals surface area contributed by atoms with Gasteiger partial charge in [0.05, 0.1) is 37.9 Å². The molecule has 0 heterocycles. The number of allylic oxidation sites excluding steroid dienone is 3. The van der Waals surface area contributed by atoms with Crippen molar-refractivity contribution in [1.29, 1.82) is 0 Å². The van der Waals surface area contributed by atoms with Crippen LogP contribution in [0.3, 0.4) is 0 Å². The summed E-state index contributed by atoms with van der Waals surface area (Å²) in [6, 6.07) is -0.995. The van der Waals surface area contributed by atoms with E-state index in [-0.39, 0.29) is 19.6 Å². The molecule has 0 rings (SSSR count). The van der Waals surface area contributed by atoms with Gasteiger partial charge in [0, 0.05) is 6.54 Å². The summed E-state index contributed by atoms with van der Waals surface area (Å²) < 4.78 is 22.1. The first-order valence-corrected chi connectivity index (χ1v) is 24.5. The largest absolute Gasteiger partial charge is 0.472 e. The molecule has 6 N–H and O–H groups in total. The van der Waals surface area contributed by atoms with Crippen molar-refractivity contribution < 1.29 is 33.5 Å². The molecule has 326 valence electrons. The fourth-order valence-electron chi connectivity index (χ4n) is 6.84. The Morgan fingerprint density at radius 1 is 0.618 bits per heavy atom. The molecule has 1 amide bonds. The summed E-state index contributed by atoms with van der Waals surface area (Å²) in [6.45, 7) is 3.97. The minimum absolute atomic E-state index is 0.0461. The van der Waals surface area contributed by atoms with Gasteiger partial charge >= 0.3 is 7.82 Å². The quantitative estimate of drug-likeness (QED) is 0.0232. The number of hydrogen-bond acceptors (Lipinski definition) is 7. The van der Waals surface area contributed by atoms with Gasteiger partial charge in [0.15, 0.2) is 0 Å². The van der Waals surface area contributed by atoms with Crippen LogP contribution in [0.25, 0.3) is 0 Å². The SMILES string of the molecule is CCCCCCCCCCCCC/C=C/CC/C=C/C(O)C(COP(=O)(O)OCCN)NC(=O)CC(O)CCCCCCCCCCCCCCCCCC. The molecule has 9 nitrogen and oxygen atoms in total. The number of carbonyl (C=O) groups is 1. The zero-order valence-electron chi connectivity index (χ0n) is 35.8. The van der Waals surface area contributed by atoms with E-state index < -0.39 is 38.6 Å². The van der Waals surface area contributed by atoms with Crippen LogP contribution in [0.4, 0.5) is 0 Å². The molecule has 55 heavy (non-hydrogen) atoms. The minimum Gasteiger partial charge on any atom is -0.393 e. The van der Waals surface area contributed by atoms with Gasteiger partial charge in [-0.05, 0) is 32.1 Å². The van der Waals surface area contributed by atoms with Crippen LogP contribution in [0.2, 0.25) is 0 Å². The number of nitrogens with one attached hydrogen (secondary N) is 1. The summed E-state index contributed by atoms with van der Waals surface area (Å²) in [7, 11) is -4.41. The van der Waals surface area contributed by atoms with Gasteiger partial charge in [-0.1, -0.05) is 205 Å². The van der Waals surface area contributed by atoms with Crippen molar-refractivity contribution in [2.75, 3.05) is 19.8 Å². The van der Waals surface area contributed by atoms with Crippen molar-refractivity contribution in [3.8, 4) is 0 Å². The molecule has 0 fully saturated rings. The van der Waals surface area contributed by atoms with Crippen molar-refractivity contribution in [1.82, 2.24) is 5.32 Å². The van der Waals surface area contributed by atoms with E-state index in [1.807, 2.05) is 6.08 Å². The average Bonchev–Trinajstić information content (AvgIpc) is 3.16. The normalized spacial score (nSPS) is 14.8. The lowest BCUT2D eigenvalue weighted by molar-refractivity contribution is -0.124. The van der Waals surface area contributed by atoms with Crippen molar-refractivity contribution in [2.45, 2.75) is 238 Å². The Kier molecular flexibility index (Phi) is 40.3. The molecule has 4 unspecified atom stereocenters. The smallest absolute Gasteiger partial charge is 0.393 e. The molecule has 0 saturated heterocycles. The number of rotatable bonds is 43. The summed E-state index contributed by atoms with van der Waals surface area (Å²) in [5.74, 6) is -0.453. The molecule has 0 aromatic carbocycles. The molecular formula is C45H89N2O7P. The van der Waals surface area contributed by atoms with E-state index in [0.29, 0.717) is 12.8 Å². The highest BCUT2D eigenvalue weighted by Crippen LogP contribution is 2.43. The van der Waals surface area contributed by atoms with Gasteiger partial charge in [-0.2, -0.15) is 0 Å². The molecule has 0 spiro atoms. The molecule has 0 aliphatic heterocycles. The van der Waals surface area contributed by atoms with E-state index in [4.69, 9.17) is 14.8 Å². The number of phosphoric acid groups is 1. The van der Waals surface area contributed by atoms with Crippen molar-refractivity contribution in [3.05, 3.63) is 24.3 Å². The Balaban J connectivity index is 4.32. The third-order valence-corrected chi connectivity index (χ3v) is 11.3. The zero-order chi connectivity index (χ0) is 40.5. The summed E-state index contributed by atoms with van der Waals surface area (Å²) >= 11 is 0.